The summed E-state index contributed by atoms with van der Waals surface area (Å²) in [7, 11) is 1.69. The van der Waals surface area contributed by atoms with Crippen molar-refractivity contribution in [2.45, 2.75) is 63.5 Å². The van der Waals surface area contributed by atoms with Gasteiger partial charge in [-0.05, 0) is 19.3 Å². The molecular weight excluding hydrogens is 274 g/mol. The molecule has 0 radical (unpaired) electrons. The molecule has 3 amide bonds. The monoisotopic (exact) mass is 299 g/mol. The Morgan fingerprint density at radius 2 is 1.81 bits per heavy atom. The lowest BCUT2D eigenvalue weighted by Crippen LogP contribution is -2.49. The average molecular weight is 299 g/mol. The van der Waals surface area contributed by atoms with Crippen molar-refractivity contribution in [1.82, 2.24) is 10.2 Å². The molecule has 0 aromatic rings. The van der Waals surface area contributed by atoms with Crippen LogP contribution in [-0.2, 0) is 9.59 Å². The summed E-state index contributed by atoms with van der Waals surface area (Å²) >= 11 is 0. The number of hydrogen-bond acceptors (Lipinski definition) is 3. The van der Waals surface area contributed by atoms with E-state index in [1.165, 1.54) is 12.8 Å². The van der Waals surface area contributed by atoms with Crippen LogP contribution >= 0.6 is 0 Å². The van der Waals surface area contributed by atoms with Gasteiger partial charge in [-0.25, -0.2) is 9.59 Å². The number of nitrogens with zero attached hydrogens (tertiary/aromatic N) is 1. The van der Waals surface area contributed by atoms with Crippen molar-refractivity contribution in [3.63, 3.8) is 0 Å². The van der Waals surface area contributed by atoms with E-state index in [0.717, 1.165) is 25.7 Å². The van der Waals surface area contributed by atoms with Gasteiger partial charge in [0.15, 0.2) is 0 Å². The minimum absolute atomic E-state index is 0.00884. The van der Waals surface area contributed by atoms with E-state index in [0.29, 0.717) is 0 Å². The fraction of sp³-hybridized carbons (Fsp3) is 0.786. The fourth-order valence-electron chi connectivity index (χ4n) is 2.61. The van der Waals surface area contributed by atoms with Gasteiger partial charge < -0.3 is 21.1 Å². The number of carboxylic acid groups (broad SMARTS) is 1. The highest BCUT2D eigenvalue weighted by atomic mass is 16.4. The van der Waals surface area contributed by atoms with Gasteiger partial charge in [-0.3, -0.25) is 4.79 Å². The Hall–Kier alpha value is -1.79. The highest BCUT2D eigenvalue weighted by Crippen LogP contribution is 2.21. The fourth-order valence-corrected chi connectivity index (χ4v) is 2.61. The molecule has 120 valence electrons. The van der Waals surface area contributed by atoms with Gasteiger partial charge in [0.25, 0.3) is 0 Å². The molecule has 0 aliphatic heterocycles. The molecule has 21 heavy (non-hydrogen) atoms. The largest absolute Gasteiger partial charge is 0.480 e. The summed E-state index contributed by atoms with van der Waals surface area (Å²) in [6.07, 6.45) is 6.38. The number of carbonyl (C=O) groups is 3. The first kappa shape index (κ1) is 17.3. The number of nitrogens with two attached hydrogens (primary N) is 1. The molecule has 4 N–H and O–H groups in total. The number of urea groups is 1. The van der Waals surface area contributed by atoms with Crippen molar-refractivity contribution in [3.05, 3.63) is 0 Å². The van der Waals surface area contributed by atoms with Crippen LogP contribution in [0.3, 0.4) is 0 Å². The molecule has 7 nitrogen and oxygen atoms in total. The predicted octanol–water partition coefficient (Wildman–Crippen LogP) is 1.07. The van der Waals surface area contributed by atoms with Crippen molar-refractivity contribution >= 4 is 17.9 Å². The summed E-state index contributed by atoms with van der Waals surface area (Å²) in [5, 5.41) is 11.6. The van der Waals surface area contributed by atoms with Gasteiger partial charge in [0.2, 0.25) is 5.91 Å². The minimum atomic E-state index is -1.15. The predicted molar refractivity (Wildman–Crippen MR) is 77.6 cm³/mol. The minimum Gasteiger partial charge on any atom is -0.480 e. The summed E-state index contributed by atoms with van der Waals surface area (Å²) in [5.41, 5.74) is 5.01. The lowest BCUT2D eigenvalue weighted by Gasteiger charge is -2.28. The van der Waals surface area contributed by atoms with Crippen LogP contribution in [0.15, 0.2) is 0 Å². The summed E-state index contributed by atoms with van der Waals surface area (Å²) < 4.78 is 0. The van der Waals surface area contributed by atoms with Crippen LogP contribution in [0.1, 0.15) is 51.4 Å². The maximum Gasteiger partial charge on any atom is 0.326 e. The topological polar surface area (TPSA) is 113 Å². The van der Waals surface area contributed by atoms with Gasteiger partial charge in [-0.2, -0.15) is 0 Å². The van der Waals surface area contributed by atoms with Crippen molar-refractivity contribution in [2.75, 3.05) is 7.05 Å². The van der Waals surface area contributed by atoms with Gasteiger partial charge in [0, 0.05) is 19.5 Å². The Balaban J connectivity index is 2.54. The Morgan fingerprint density at radius 1 is 1.24 bits per heavy atom. The van der Waals surface area contributed by atoms with E-state index in [-0.39, 0.29) is 18.9 Å². The second kappa shape index (κ2) is 8.49. The normalized spacial score (nSPS) is 17.6. The first-order valence-electron chi connectivity index (χ1n) is 7.46. The number of hydrogen-bond donors (Lipinski definition) is 3. The Labute approximate surface area is 124 Å². The van der Waals surface area contributed by atoms with E-state index in [1.54, 1.807) is 11.9 Å². The molecule has 1 aliphatic rings. The van der Waals surface area contributed by atoms with E-state index in [2.05, 4.69) is 5.32 Å². The second-order valence-electron chi connectivity index (χ2n) is 5.60. The first-order chi connectivity index (χ1) is 9.91. The van der Waals surface area contributed by atoms with Crippen molar-refractivity contribution in [3.8, 4) is 0 Å². The highest BCUT2D eigenvalue weighted by Gasteiger charge is 2.26. The lowest BCUT2D eigenvalue weighted by atomic mass is 10.1. The standard InChI is InChI=1S/C14H25N3O4/c1-17(10-6-4-2-3-5-7-10)14(21)16-11(13(19)20)8-9-12(15)18/h10-11H,2-9H2,1H3,(H2,15,18)(H,16,21)(H,19,20)/t11-/m0/s1. The number of carboxylic acids is 1. The van der Waals surface area contributed by atoms with Crippen molar-refractivity contribution in [2.24, 2.45) is 5.73 Å². The lowest BCUT2D eigenvalue weighted by molar-refractivity contribution is -0.139. The molecule has 1 atom stereocenters. The quantitative estimate of drug-likeness (QED) is 0.637. The molecule has 0 bridgehead atoms. The zero-order valence-corrected chi connectivity index (χ0v) is 12.5. The smallest absolute Gasteiger partial charge is 0.326 e. The van der Waals surface area contributed by atoms with E-state index < -0.39 is 23.9 Å². The Bertz CT molecular complexity index is 378. The maximum atomic E-state index is 12.1. The molecule has 0 spiro atoms. The molecule has 0 heterocycles. The van der Waals surface area contributed by atoms with E-state index in [4.69, 9.17) is 10.8 Å². The molecule has 1 rings (SSSR count). The molecule has 0 unspecified atom stereocenters. The van der Waals surface area contributed by atoms with Crippen LogP contribution < -0.4 is 11.1 Å². The third-order valence-electron chi connectivity index (χ3n) is 3.97. The van der Waals surface area contributed by atoms with Gasteiger partial charge >= 0.3 is 12.0 Å². The van der Waals surface area contributed by atoms with Crippen LogP contribution in [0.2, 0.25) is 0 Å². The summed E-state index contributed by atoms with van der Waals surface area (Å²) in [6.45, 7) is 0. The van der Waals surface area contributed by atoms with Gasteiger partial charge in [0.1, 0.15) is 6.04 Å². The average Bonchev–Trinajstić information content (AvgIpc) is 2.70. The van der Waals surface area contributed by atoms with Crippen LogP contribution in [0.4, 0.5) is 4.79 Å². The van der Waals surface area contributed by atoms with Crippen LogP contribution in [-0.4, -0.2) is 47.0 Å². The van der Waals surface area contributed by atoms with Crippen LogP contribution in [0.5, 0.6) is 0 Å². The number of rotatable bonds is 6. The Kier molecular flexibility index (Phi) is 6.98. The zero-order valence-electron chi connectivity index (χ0n) is 12.5. The third kappa shape index (κ3) is 6.01. The number of primary amides is 1. The molecule has 0 aromatic heterocycles. The number of aliphatic carboxylic acids is 1. The molecule has 1 fully saturated rings. The van der Waals surface area contributed by atoms with Crippen LogP contribution in [0.25, 0.3) is 0 Å². The molecular formula is C14H25N3O4. The third-order valence-corrected chi connectivity index (χ3v) is 3.97. The molecule has 7 heteroatoms. The van der Waals surface area contributed by atoms with E-state index >= 15 is 0 Å². The number of nitrogens with one attached hydrogen (secondary N) is 1. The second-order valence-corrected chi connectivity index (χ2v) is 5.60. The number of amides is 3. The van der Waals surface area contributed by atoms with E-state index in [1.807, 2.05) is 0 Å². The SMILES string of the molecule is CN(C(=O)N[C@@H](CCC(N)=O)C(=O)O)C1CCCCCC1. The van der Waals surface area contributed by atoms with Crippen LogP contribution in [0, 0.1) is 0 Å². The van der Waals surface area contributed by atoms with Crippen molar-refractivity contribution < 1.29 is 19.5 Å². The molecule has 0 saturated heterocycles. The summed E-state index contributed by atoms with van der Waals surface area (Å²) in [6, 6.07) is -1.34. The van der Waals surface area contributed by atoms with Gasteiger partial charge in [-0.15, -0.1) is 0 Å². The maximum absolute atomic E-state index is 12.1. The Morgan fingerprint density at radius 3 is 2.29 bits per heavy atom. The van der Waals surface area contributed by atoms with Gasteiger partial charge in [-0.1, -0.05) is 25.7 Å². The molecule has 0 aromatic carbocycles. The number of carbonyl (C=O) groups excluding carboxylic acids is 2. The van der Waals surface area contributed by atoms with Crippen molar-refractivity contribution in [1.29, 1.82) is 0 Å². The molecule has 1 saturated carbocycles. The highest BCUT2D eigenvalue weighted by molar-refractivity contribution is 5.83. The van der Waals surface area contributed by atoms with Gasteiger partial charge in [0.05, 0.1) is 0 Å². The molecule has 1 aliphatic carbocycles. The summed E-state index contributed by atoms with van der Waals surface area (Å²) in [5.74, 6) is -1.73. The first-order valence-corrected chi connectivity index (χ1v) is 7.46. The zero-order chi connectivity index (χ0) is 15.8. The van der Waals surface area contributed by atoms with E-state index in [9.17, 15) is 14.4 Å². The summed E-state index contributed by atoms with van der Waals surface area (Å²) in [4.78, 5) is 35.6.